The zero-order valence-corrected chi connectivity index (χ0v) is 17.4. The van der Waals surface area contributed by atoms with Crippen molar-refractivity contribution in [3.8, 4) is 0 Å². The van der Waals surface area contributed by atoms with E-state index in [1.54, 1.807) is 6.92 Å². The number of hydrogen-bond acceptors (Lipinski definition) is 2. The summed E-state index contributed by atoms with van der Waals surface area (Å²) in [5, 5.41) is 8.95. The van der Waals surface area contributed by atoms with Crippen LogP contribution >= 0.6 is 0 Å². The first kappa shape index (κ1) is 24.4. The molecule has 0 bridgehead atoms. The van der Waals surface area contributed by atoms with Crippen LogP contribution in [-0.2, 0) is 4.79 Å². The number of unbranched alkanes of at least 4 members (excludes halogenated alkanes) is 15. The van der Waals surface area contributed by atoms with Crippen molar-refractivity contribution < 1.29 is 9.90 Å². The van der Waals surface area contributed by atoms with Crippen LogP contribution in [0.4, 0.5) is 0 Å². The Morgan fingerprint density at radius 1 is 0.720 bits per heavy atom. The Hall–Kier alpha value is -0.570. The highest BCUT2D eigenvalue weighted by molar-refractivity contribution is 5.72. The number of aliphatic carboxylic acids is 1. The molecule has 25 heavy (non-hydrogen) atoms. The lowest BCUT2D eigenvalue weighted by Crippen LogP contribution is -2.36. The number of carboxylic acids is 1. The van der Waals surface area contributed by atoms with E-state index in [1.807, 2.05) is 11.9 Å². The van der Waals surface area contributed by atoms with Gasteiger partial charge < -0.3 is 5.11 Å². The Balaban J connectivity index is 3.15. The van der Waals surface area contributed by atoms with Crippen LogP contribution in [0.5, 0.6) is 0 Å². The van der Waals surface area contributed by atoms with Gasteiger partial charge in [0.1, 0.15) is 6.04 Å². The molecule has 0 radical (unpaired) electrons. The van der Waals surface area contributed by atoms with Crippen molar-refractivity contribution in [1.29, 1.82) is 0 Å². The fourth-order valence-electron chi connectivity index (χ4n) is 3.29. The molecule has 0 amide bonds. The molecule has 3 nitrogen and oxygen atoms in total. The van der Waals surface area contributed by atoms with Gasteiger partial charge in [0.05, 0.1) is 0 Å². The molecule has 0 fully saturated rings. The molecule has 150 valence electrons. The molecule has 0 spiro atoms. The normalized spacial score (nSPS) is 12.6. The highest BCUT2D eigenvalue weighted by Crippen LogP contribution is 2.13. The second-order valence-electron chi connectivity index (χ2n) is 7.80. The van der Waals surface area contributed by atoms with Gasteiger partial charge in [-0.15, -0.1) is 0 Å². The lowest BCUT2D eigenvalue weighted by atomic mass is 10.0. The highest BCUT2D eigenvalue weighted by Gasteiger charge is 2.15. The summed E-state index contributed by atoms with van der Waals surface area (Å²) in [7, 11) is 1.91. The van der Waals surface area contributed by atoms with Gasteiger partial charge >= 0.3 is 5.97 Å². The minimum atomic E-state index is -0.723. The van der Waals surface area contributed by atoms with Crippen molar-refractivity contribution in [2.45, 2.75) is 123 Å². The average molecular weight is 356 g/mol. The maximum Gasteiger partial charge on any atom is 0.320 e. The summed E-state index contributed by atoms with van der Waals surface area (Å²) in [5.74, 6) is -0.723. The molecule has 0 saturated carbocycles. The Kier molecular flexibility index (Phi) is 17.8. The second kappa shape index (κ2) is 18.2. The van der Waals surface area contributed by atoms with E-state index in [1.165, 1.54) is 96.3 Å². The van der Waals surface area contributed by atoms with Crippen LogP contribution in [0.2, 0.25) is 0 Å². The van der Waals surface area contributed by atoms with Gasteiger partial charge in [-0.1, -0.05) is 103 Å². The number of hydrogen-bond donors (Lipinski definition) is 1. The summed E-state index contributed by atoms with van der Waals surface area (Å²) in [5.41, 5.74) is 0. The monoisotopic (exact) mass is 355 g/mol. The first-order valence-electron chi connectivity index (χ1n) is 11.0. The fraction of sp³-hybridized carbons (Fsp3) is 0.955. The summed E-state index contributed by atoms with van der Waals surface area (Å²) in [6, 6.07) is -0.364. The smallest absolute Gasteiger partial charge is 0.320 e. The maximum atomic E-state index is 10.9. The van der Waals surface area contributed by atoms with Crippen molar-refractivity contribution in [2.24, 2.45) is 0 Å². The minimum Gasteiger partial charge on any atom is -0.480 e. The summed E-state index contributed by atoms with van der Waals surface area (Å²) < 4.78 is 0. The predicted molar refractivity (Wildman–Crippen MR) is 109 cm³/mol. The Morgan fingerprint density at radius 3 is 1.36 bits per heavy atom. The van der Waals surface area contributed by atoms with Crippen LogP contribution in [-0.4, -0.2) is 35.6 Å². The van der Waals surface area contributed by atoms with E-state index < -0.39 is 5.97 Å². The predicted octanol–water partition coefficient (Wildman–Crippen LogP) is 6.65. The number of carbonyl (C=O) groups is 1. The van der Waals surface area contributed by atoms with Crippen LogP contribution < -0.4 is 0 Å². The zero-order valence-electron chi connectivity index (χ0n) is 17.4. The molecule has 0 aromatic rings. The van der Waals surface area contributed by atoms with E-state index in [-0.39, 0.29) is 6.04 Å². The van der Waals surface area contributed by atoms with Crippen LogP contribution in [0, 0.1) is 0 Å². The van der Waals surface area contributed by atoms with E-state index in [0.717, 1.165) is 13.0 Å². The van der Waals surface area contributed by atoms with E-state index in [4.69, 9.17) is 5.11 Å². The minimum absolute atomic E-state index is 0.364. The van der Waals surface area contributed by atoms with Gasteiger partial charge in [0.15, 0.2) is 0 Å². The van der Waals surface area contributed by atoms with E-state index in [2.05, 4.69) is 6.92 Å². The highest BCUT2D eigenvalue weighted by atomic mass is 16.4. The number of rotatable bonds is 19. The number of likely N-dealkylation sites (N-methyl/N-ethyl adjacent to an activating group) is 1. The third kappa shape index (κ3) is 16.6. The maximum absolute atomic E-state index is 10.9. The van der Waals surface area contributed by atoms with Crippen molar-refractivity contribution in [1.82, 2.24) is 4.90 Å². The average Bonchev–Trinajstić information content (AvgIpc) is 2.60. The number of nitrogens with zero attached hydrogens (tertiary/aromatic N) is 1. The second-order valence-corrected chi connectivity index (χ2v) is 7.80. The molecule has 1 unspecified atom stereocenters. The molecule has 1 N–H and O–H groups in total. The van der Waals surface area contributed by atoms with Crippen molar-refractivity contribution >= 4 is 5.97 Å². The van der Waals surface area contributed by atoms with Crippen LogP contribution in [0.25, 0.3) is 0 Å². The van der Waals surface area contributed by atoms with E-state index in [0.29, 0.717) is 0 Å². The molecule has 0 aromatic heterocycles. The molecule has 3 heteroatoms. The van der Waals surface area contributed by atoms with Crippen molar-refractivity contribution in [3.05, 3.63) is 0 Å². The first-order chi connectivity index (χ1) is 12.1. The van der Waals surface area contributed by atoms with Gasteiger partial charge in [-0.3, -0.25) is 9.69 Å². The van der Waals surface area contributed by atoms with Gasteiger partial charge in [-0.25, -0.2) is 0 Å². The molecular formula is C22H45NO2. The van der Waals surface area contributed by atoms with Crippen LogP contribution in [0.15, 0.2) is 0 Å². The standard InChI is InChI=1S/C22H45NO2/c1-4-5-6-7-8-9-10-11-12-13-14-15-16-17-18-19-20-23(3)21(2)22(24)25/h21H,4-20H2,1-3H3,(H,24,25). The third-order valence-electron chi connectivity index (χ3n) is 5.38. The lowest BCUT2D eigenvalue weighted by molar-refractivity contribution is -0.142. The Labute approximate surface area is 157 Å². The summed E-state index contributed by atoms with van der Waals surface area (Å²) in [6.45, 7) is 4.93. The summed E-state index contributed by atoms with van der Waals surface area (Å²) in [6.07, 6.45) is 22.0. The lowest BCUT2D eigenvalue weighted by Gasteiger charge is -2.20. The Bertz CT molecular complexity index is 294. The first-order valence-corrected chi connectivity index (χ1v) is 11.0. The van der Waals surface area contributed by atoms with E-state index in [9.17, 15) is 4.79 Å². The largest absolute Gasteiger partial charge is 0.480 e. The molecule has 0 saturated heterocycles. The van der Waals surface area contributed by atoms with Gasteiger partial charge in [-0.05, 0) is 26.9 Å². The SMILES string of the molecule is CCCCCCCCCCCCCCCCCCN(C)C(C)C(=O)O. The zero-order chi connectivity index (χ0) is 18.8. The molecule has 0 aliphatic heterocycles. The molecular weight excluding hydrogens is 310 g/mol. The molecule has 0 aliphatic carbocycles. The van der Waals surface area contributed by atoms with Gasteiger partial charge in [-0.2, -0.15) is 0 Å². The quantitative estimate of drug-likeness (QED) is 0.264. The molecule has 1 atom stereocenters. The van der Waals surface area contributed by atoms with Crippen LogP contribution in [0.3, 0.4) is 0 Å². The van der Waals surface area contributed by atoms with E-state index >= 15 is 0 Å². The van der Waals surface area contributed by atoms with Crippen LogP contribution in [0.1, 0.15) is 117 Å². The molecule has 0 aliphatic rings. The molecule has 0 aromatic carbocycles. The van der Waals surface area contributed by atoms with Crippen molar-refractivity contribution in [3.63, 3.8) is 0 Å². The summed E-state index contributed by atoms with van der Waals surface area (Å²) in [4.78, 5) is 12.8. The van der Waals surface area contributed by atoms with Crippen molar-refractivity contribution in [2.75, 3.05) is 13.6 Å². The number of carboxylic acid groups (broad SMARTS) is 1. The van der Waals surface area contributed by atoms with Gasteiger partial charge in [0.2, 0.25) is 0 Å². The third-order valence-corrected chi connectivity index (χ3v) is 5.38. The molecule has 0 heterocycles. The Morgan fingerprint density at radius 2 is 1.04 bits per heavy atom. The van der Waals surface area contributed by atoms with Gasteiger partial charge in [0, 0.05) is 0 Å². The topological polar surface area (TPSA) is 40.5 Å². The molecule has 0 rings (SSSR count). The fourth-order valence-corrected chi connectivity index (χ4v) is 3.29. The van der Waals surface area contributed by atoms with Gasteiger partial charge in [0.25, 0.3) is 0 Å². The summed E-state index contributed by atoms with van der Waals surface area (Å²) >= 11 is 0.